The first-order valence-electron chi connectivity index (χ1n) is 9.92. The van der Waals surface area contributed by atoms with Crippen molar-refractivity contribution in [1.29, 1.82) is 0 Å². The molecule has 0 spiro atoms. The molecule has 0 unspecified atom stereocenters. The Morgan fingerprint density at radius 1 is 0.867 bits per heavy atom. The minimum atomic E-state index is 0.171. The lowest BCUT2D eigenvalue weighted by atomic mass is 10.1. The van der Waals surface area contributed by atoms with E-state index in [4.69, 9.17) is 14.2 Å². The van der Waals surface area contributed by atoms with E-state index in [9.17, 15) is 5.11 Å². The van der Waals surface area contributed by atoms with Gasteiger partial charge < -0.3 is 29.4 Å². The van der Waals surface area contributed by atoms with Gasteiger partial charge in [-0.1, -0.05) is 32.6 Å². The fourth-order valence-corrected chi connectivity index (χ4v) is 2.35. The van der Waals surface area contributed by atoms with E-state index in [1.54, 1.807) is 47.5 Å². The van der Waals surface area contributed by atoms with Crippen molar-refractivity contribution in [3.63, 3.8) is 0 Å². The molecular weight excluding hydrogens is 382 g/mol. The molecule has 30 heavy (non-hydrogen) atoms. The SMILES string of the molecule is C=C(C)OC.CC.COc1ccc(CCNCc2ccc(OC)c(OC)c2)cc1O. The summed E-state index contributed by atoms with van der Waals surface area (Å²) in [4.78, 5) is 0. The molecule has 2 aromatic rings. The Hall–Kier alpha value is -2.86. The van der Waals surface area contributed by atoms with Gasteiger partial charge in [0.1, 0.15) is 0 Å². The van der Waals surface area contributed by atoms with Gasteiger partial charge in [-0.3, -0.25) is 0 Å². The summed E-state index contributed by atoms with van der Waals surface area (Å²) in [5.74, 6) is 2.87. The molecule has 0 atom stereocenters. The van der Waals surface area contributed by atoms with Crippen molar-refractivity contribution in [1.82, 2.24) is 5.32 Å². The zero-order valence-electron chi connectivity index (χ0n) is 19.4. The Bertz CT molecular complexity index is 746. The lowest BCUT2D eigenvalue weighted by Crippen LogP contribution is -2.16. The molecule has 0 radical (unpaired) electrons. The summed E-state index contributed by atoms with van der Waals surface area (Å²) in [6.45, 7) is 10.8. The topological polar surface area (TPSA) is 69.2 Å². The largest absolute Gasteiger partial charge is 0.504 e. The second-order valence-electron chi connectivity index (χ2n) is 6.03. The van der Waals surface area contributed by atoms with E-state index in [0.29, 0.717) is 5.75 Å². The summed E-state index contributed by atoms with van der Waals surface area (Å²) in [6, 6.07) is 11.3. The van der Waals surface area contributed by atoms with Crippen LogP contribution in [0, 0.1) is 0 Å². The van der Waals surface area contributed by atoms with Crippen LogP contribution in [-0.4, -0.2) is 40.1 Å². The van der Waals surface area contributed by atoms with E-state index in [1.807, 2.05) is 38.1 Å². The van der Waals surface area contributed by atoms with Crippen molar-refractivity contribution in [2.75, 3.05) is 35.0 Å². The molecule has 0 heterocycles. The molecule has 0 aliphatic rings. The molecule has 0 aromatic heterocycles. The van der Waals surface area contributed by atoms with E-state index >= 15 is 0 Å². The number of hydrogen-bond donors (Lipinski definition) is 2. The minimum Gasteiger partial charge on any atom is -0.504 e. The van der Waals surface area contributed by atoms with Crippen LogP contribution in [0.4, 0.5) is 0 Å². The highest BCUT2D eigenvalue weighted by Crippen LogP contribution is 2.28. The Balaban J connectivity index is 0.00000105. The second kappa shape index (κ2) is 16.0. The van der Waals surface area contributed by atoms with Crippen molar-refractivity contribution >= 4 is 0 Å². The fraction of sp³-hybridized carbons (Fsp3) is 0.417. The molecular formula is C24H37NO5. The standard InChI is InChI=1S/C18H23NO4.C4H8O.C2H6/c1-21-16-6-4-13(10-15(16)20)8-9-19-12-14-5-7-17(22-2)18(11-14)23-3;1-4(2)5-3;1-2/h4-7,10-11,19-20H,8-9,12H2,1-3H3;1H2,2-3H3;1-2H3. The number of phenolic OH excluding ortho intramolecular Hbond substituents is 1. The summed E-state index contributed by atoms with van der Waals surface area (Å²) in [5.41, 5.74) is 2.18. The van der Waals surface area contributed by atoms with Crippen LogP contribution in [0.15, 0.2) is 48.7 Å². The second-order valence-corrected chi connectivity index (χ2v) is 6.03. The highest BCUT2D eigenvalue weighted by Gasteiger charge is 2.05. The molecule has 0 amide bonds. The Morgan fingerprint density at radius 3 is 1.90 bits per heavy atom. The number of benzene rings is 2. The lowest BCUT2D eigenvalue weighted by molar-refractivity contribution is 0.295. The van der Waals surface area contributed by atoms with Gasteiger partial charge >= 0.3 is 0 Å². The molecule has 2 rings (SSSR count). The predicted molar refractivity (Wildman–Crippen MR) is 123 cm³/mol. The number of methoxy groups -OCH3 is 4. The van der Waals surface area contributed by atoms with Crippen LogP contribution in [0.5, 0.6) is 23.0 Å². The first-order valence-corrected chi connectivity index (χ1v) is 9.92. The molecule has 0 aliphatic carbocycles. The summed E-state index contributed by atoms with van der Waals surface area (Å²) in [6.07, 6.45) is 0.824. The summed E-state index contributed by atoms with van der Waals surface area (Å²) in [7, 11) is 6.40. The van der Waals surface area contributed by atoms with Crippen molar-refractivity contribution < 1.29 is 24.1 Å². The van der Waals surface area contributed by atoms with E-state index < -0.39 is 0 Å². The molecule has 6 heteroatoms. The van der Waals surface area contributed by atoms with Crippen molar-refractivity contribution in [2.45, 2.75) is 33.7 Å². The first-order chi connectivity index (χ1) is 14.4. The number of rotatable bonds is 9. The van der Waals surface area contributed by atoms with Gasteiger partial charge in [-0.15, -0.1) is 0 Å². The van der Waals surface area contributed by atoms with E-state index in [2.05, 4.69) is 16.6 Å². The smallest absolute Gasteiger partial charge is 0.161 e. The minimum absolute atomic E-state index is 0.171. The lowest BCUT2D eigenvalue weighted by Gasteiger charge is -2.10. The fourth-order valence-electron chi connectivity index (χ4n) is 2.35. The van der Waals surface area contributed by atoms with Gasteiger partial charge in [-0.25, -0.2) is 0 Å². The third-order valence-electron chi connectivity index (χ3n) is 3.96. The zero-order valence-corrected chi connectivity index (χ0v) is 19.4. The zero-order chi connectivity index (χ0) is 22.9. The van der Waals surface area contributed by atoms with Crippen LogP contribution in [0.3, 0.4) is 0 Å². The molecule has 2 N–H and O–H groups in total. The number of phenols is 1. The Morgan fingerprint density at radius 2 is 1.40 bits per heavy atom. The molecule has 0 aliphatic heterocycles. The molecule has 0 saturated heterocycles. The van der Waals surface area contributed by atoms with Gasteiger partial charge in [-0.05, 0) is 55.3 Å². The first kappa shape index (κ1) is 27.1. The van der Waals surface area contributed by atoms with Crippen molar-refractivity contribution in [2.24, 2.45) is 0 Å². The van der Waals surface area contributed by atoms with Gasteiger partial charge in [0.2, 0.25) is 0 Å². The number of nitrogens with one attached hydrogen (secondary N) is 1. The highest BCUT2D eigenvalue weighted by atomic mass is 16.5. The molecule has 168 valence electrons. The van der Waals surface area contributed by atoms with E-state index in [1.165, 1.54) is 0 Å². The third-order valence-corrected chi connectivity index (χ3v) is 3.96. The maximum absolute atomic E-state index is 9.76. The van der Waals surface area contributed by atoms with Gasteiger partial charge in [0.25, 0.3) is 0 Å². The van der Waals surface area contributed by atoms with Crippen molar-refractivity contribution in [3.05, 3.63) is 59.9 Å². The summed E-state index contributed by atoms with van der Waals surface area (Å²) in [5, 5.41) is 13.1. The van der Waals surface area contributed by atoms with Crippen LogP contribution in [0.25, 0.3) is 0 Å². The highest BCUT2D eigenvalue weighted by molar-refractivity contribution is 5.43. The molecule has 0 fully saturated rings. The Kier molecular flexibility index (Phi) is 14.5. The third kappa shape index (κ3) is 10.1. The monoisotopic (exact) mass is 419 g/mol. The van der Waals surface area contributed by atoms with E-state index in [-0.39, 0.29) is 5.75 Å². The van der Waals surface area contributed by atoms with Crippen LogP contribution in [0.1, 0.15) is 31.9 Å². The van der Waals surface area contributed by atoms with Gasteiger partial charge in [0, 0.05) is 6.54 Å². The molecule has 6 nitrogen and oxygen atoms in total. The van der Waals surface area contributed by atoms with Crippen LogP contribution in [-0.2, 0) is 17.7 Å². The molecule has 0 bridgehead atoms. The van der Waals surface area contributed by atoms with Crippen LogP contribution in [0.2, 0.25) is 0 Å². The molecule has 2 aromatic carbocycles. The predicted octanol–water partition coefficient (Wildman–Crippen LogP) is 4.94. The summed E-state index contributed by atoms with van der Waals surface area (Å²) < 4.78 is 20.1. The maximum atomic E-state index is 9.76. The number of allylic oxidation sites excluding steroid dienone is 1. The molecule has 0 saturated carbocycles. The van der Waals surface area contributed by atoms with Crippen LogP contribution >= 0.6 is 0 Å². The van der Waals surface area contributed by atoms with Gasteiger partial charge in [-0.2, -0.15) is 0 Å². The van der Waals surface area contributed by atoms with Gasteiger partial charge in [0.05, 0.1) is 34.2 Å². The normalized spacial score (nSPS) is 9.30. The van der Waals surface area contributed by atoms with Crippen molar-refractivity contribution in [3.8, 4) is 23.0 Å². The average Bonchev–Trinajstić information content (AvgIpc) is 2.78. The van der Waals surface area contributed by atoms with Gasteiger partial charge in [0.15, 0.2) is 23.0 Å². The van der Waals surface area contributed by atoms with Crippen LogP contribution < -0.4 is 19.5 Å². The number of hydrogen-bond acceptors (Lipinski definition) is 6. The number of ether oxygens (including phenoxy) is 4. The Labute approximate surface area is 181 Å². The maximum Gasteiger partial charge on any atom is 0.161 e. The van der Waals surface area contributed by atoms with E-state index in [0.717, 1.165) is 47.9 Å². The number of aromatic hydroxyl groups is 1. The average molecular weight is 420 g/mol. The summed E-state index contributed by atoms with van der Waals surface area (Å²) >= 11 is 0. The quantitative estimate of drug-likeness (QED) is 0.443.